The molecule has 0 amide bonds. The summed E-state index contributed by atoms with van der Waals surface area (Å²) in [6, 6.07) is 14.7. The van der Waals surface area contributed by atoms with Gasteiger partial charge in [-0.1, -0.05) is 0 Å². The second-order valence-corrected chi connectivity index (χ2v) is 12.2. The molecule has 1 nitrogen and oxygen atoms in total. The van der Waals surface area contributed by atoms with Gasteiger partial charge in [0.05, 0.1) is 0 Å². The molecule has 0 heterocycles. The Hall–Kier alpha value is -0.942. The van der Waals surface area contributed by atoms with E-state index in [1.807, 2.05) is 0 Å². The maximum absolute atomic E-state index is 13.6. The van der Waals surface area contributed by atoms with Crippen LogP contribution in [0.1, 0.15) is 39.5 Å². The van der Waals surface area contributed by atoms with Crippen LogP contribution in [0.2, 0.25) is 10.4 Å². The van der Waals surface area contributed by atoms with Crippen molar-refractivity contribution in [1.82, 2.24) is 0 Å². The average Bonchev–Trinajstić information content (AvgIpc) is 2.50. The van der Waals surface area contributed by atoms with Crippen molar-refractivity contribution in [1.29, 1.82) is 0 Å². The van der Waals surface area contributed by atoms with E-state index in [1.165, 1.54) is 15.1 Å². The molecule has 0 saturated heterocycles. The summed E-state index contributed by atoms with van der Waals surface area (Å²) >= 11 is -2.98. The molecule has 0 radical (unpaired) electrons. The first-order chi connectivity index (χ1) is 9.71. The van der Waals surface area contributed by atoms with Crippen molar-refractivity contribution in [3.63, 3.8) is 0 Å². The SMILES string of the molecule is CCCC[As](=O)(CCCC)c1cccc2ccccc12. The topological polar surface area (TPSA) is 17.1 Å². The van der Waals surface area contributed by atoms with Gasteiger partial charge in [-0.15, -0.1) is 0 Å². The average molecular weight is 332 g/mol. The standard InChI is InChI=1S/C18H25AsO/c1-3-5-14-19(20,15-6-4-2)18-13-9-11-16-10-7-8-12-17(16)18/h7-13H,3-6,14-15H2,1-2H3. The van der Waals surface area contributed by atoms with E-state index in [1.54, 1.807) is 0 Å². The van der Waals surface area contributed by atoms with Crippen LogP contribution >= 0.6 is 0 Å². The molecule has 0 aliphatic heterocycles. The van der Waals surface area contributed by atoms with Crippen molar-refractivity contribution in [3.8, 4) is 0 Å². The Labute approximate surface area is 125 Å². The zero-order chi connectivity index (χ0) is 14.4. The summed E-state index contributed by atoms with van der Waals surface area (Å²) in [6.07, 6.45) is 4.43. The van der Waals surface area contributed by atoms with Crippen molar-refractivity contribution in [2.45, 2.75) is 49.9 Å². The molecule has 2 heteroatoms. The summed E-state index contributed by atoms with van der Waals surface area (Å²) in [5.41, 5.74) is 0. The minimum absolute atomic E-state index is 0.919. The number of hydrogen-bond acceptors (Lipinski definition) is 1. The zero-order valence-corrected chi connectivity index (χ0v) is 14.5. The molecule has 2 aromatic carbocycles. The van der Waals surface area contributed by atoms with Gasteiger partial charge in [-0.05, 0) is 0 Å². The van der Waals surface area contributed by atoms with Gasteiger partial charge in [0.15, 0.2) is 0 Å². The first kappa shape index (κ1) is 15.4. The van der Waals surface area contributed by atoms with Crippen LogP contribution in [-0.4, -0.2) is 13.5 Å². The van der Waals surface area contributed by atoms with Gasteiger partial charge in [0.1, 0.15) is 0 Å². The van der Waals surface area contributed by atoms with Gasteiger partial charge in [0, 0.05) is 0 Å². The number of unbranched alkanes of at least 4 members (excludes halogenated alkanes) is 2. The van der Waals surface area contributed by atoms with Crippen LogP contribution < -0.4 is 4.35 Å². The molecule has 0 atom stereocenters. The molecule has 0 unspecified atom stereocenters. The van der Waals surface area contributed by atoms with Crippen LogP contribution in [0, 0.1) is 0 Å². The van der Waals surface area contributed by atoms with Crippen molar-refractivity contribution in [2.24, 2.45) is 0 Å². The molecule has 2 rings (SSSR count). The molecule has 0 spiro atoms. The Morgan fingerprint density at radius 1 is 0.850 bits per heavy atom. The molecule has 0 fully saturated rings. The van der Waals surface area contributed by atoms with Crippen LogP contribution in [-0.2, 0) is 3.74 Å². The first-order valence-electron chi connectivity index (χ1n) is 7.77. The van der Waals surface area contributed by atoms with Crippen molar-refractivity contribution < 1.29 is 3.74 Å². The van der Waals surface area contributed by atoms with Crippen molar-refractivity contribution in [3.05, 3.63) is 42.5 Å². The first-order valence-corrected chi connectivity index (χ1v) is 12.1. The molecule has 0 N–H and O–H groups in total. The van der Waals surface area contributed by atoms with Gasteiger partial charge in [-0.25, -0.2) is 0 Å². The second kappa shape index (κ2) is 7.18. The van der Waals surface area contributed by atoms with Crippen LogP contribution in [0.4, 0.5) is 0 Å². The predicted octanol–water partition coefficient (Wildman–Crippen LogP) is 5.02. The molecule has 2 aromatic rings. The summed E-state index contributed by atoms with van der Waals surface area (Å²) in [7, 11) is 0. The van der Waals surface area contributed by atoms with Gasteiger partial charge in [-0.3, -0.25) is 0 Å². The summed E-state index contributed by atoms with van der Waals surface area (Å²) in [6.45, 7) is 4.37. The predicted molar refractivity (Wildman–Crippen MR) is 89.5 cm³/mol. The van der Waals surface area contributed by atoms with Crippen LogP contribution in [0.3, 0.4) is 0 Å². The Bertz CT molecular complexity index is 586. The molecule has 108 valence electrons. The van der Waals surface area contributed by atoms with E-state index in [0.717, 1.165) is 36.1 Å². The Balaban J connectivity index is 2.47. The van der Waals surface area contributed by atoms with E-state index in [-0.39, 0.29) is 0 Å². The number of hydrogen-bond donors (Lipinski definition) is 0. The number of rotatable bonds is 7. The fraction of sp³-hybridized carbons (Fsp3) is 0.444. The van der Waals surface area contributed by atoms with E-state index in [4.69, 9.17) is 0 Å². The van der Waals surface area contributed by atoms with Crippen LogP contribution in [0.25, 0.3) is 10.8 Å². The van der Waals surface area contributed by atoms with E-state index >= 15 is 0 Å². The summed E-state index contributed by atoms with van der Waals surface area (Å²) in [4.78, 5) is 0. The normalized spacial score (nSPS) is 11.9. The molecule has 0 aromatic heterocycles. The molecular formula is C18H25AsO. The number of benzene rings is 2. The van der Waals surface area contributed by atoms with E-state index < -0.39 is 13.5 Å². The summed E-state index contributed by atoms with van der Waals surface area (Å²) in [5, 5.41) is 4.27. The van der Waals surface area contributed by atoms with Gasteiger partial charge in [-0.2, -0.15) is 0 Å². The van der Waals surface area contributed by atoms with E-state index in [0.29, 0.717) is 0 Å². The molecular weight excluding hydrogens is 307 g/mol. The third kappa shape index (κ3) is 3.38. The fourth-order valence-corrected chi connectivity index (χ4v) is 9.79. The van der Waals surface area contributed by atoms with Gasteiger partial charge < -0.3 is 0 Å². The Morgan fingerprint density at radius 2 is 1.45 bits per heavy atom. The third-order valence-corrected chi connectivity index (χ3v) is 11.0. The molecule has 0 aliphatic rings. The quantitative estimate of drug-likeness (QED) is 0.651. The van der Waals surface area contributed by atoms with Gasteiger partial charge in [0.25, 0.3) is 0 Å². The third-order valence-electron chi connectivity index (χ3n) is 3.95. The van der Waals surface area contributed by atoms with Gasteiger partial charge >= 0.3 is 125 Å². The molecule has 20 heavy (non-hydrogen) atoms. The Morgan fingerprint density at radius 3 is 2.10 bits per heavy atom. The van der Waals surface area contributed by atoms with E-state index in [9.17, 15) is 3.74 Å². The van der Waals surface area contributed by atoms with Crippen molar-refractivity contribution in [2.75, 3.05) is 0 Å². The summed E-state index contributed by atoms with van der Waals surface area (Å²) in [5.74, 6) is 0. The number of fused-ring (bicyclic) bond motifs is 1. The molecule has 0 aliphatic carbocycles. The van der Waals surface area contributed by atoms with Gasteiger partial charge in [0.2, 0.25) is 0 Å². The van der Waals surface area contributed by atoms with Crippen LogP contribution in [0.15, 0.2) is 42.5 Å². The molecule has 0 saturated carbocycles. The maximum atomic E-state index is 13.6. The minimum atomic E-state index is -2.98. The summed E-state index contributed by atoms with van der Waals surface area (Å²) < 4.78 is 14.8. The van der Waals surface area contributed by atoms with Crippen LogP contribution in [0.5, 0.6) is 0 Å². The zero-order valence-electron chi connectivity index (χ0n) is 12.6. The Kier molecular flexibility index (Phi) is 5.54. The second-order valence-electron chi connectivity index (χ2n) is 5.54. The van der Waals surface area contributed by atoms with Crippen molar-refractivity contribution >= 4 is 28.6 Å². The molecule has 0 bridgehead atoms. The van der Waals surface area contributed by atoms with E-state index in [2.05, 4.69) is 56.3 Å². The monoisotopic (exact) mass is 332 g/mol. The fourth-order valence-electron chi connectivity index (χ4n) is 2.74.